The summed E-state index contributed by atoms with van der Waals surface area (Å²) in [4.78, 5) is 11.9. The molecule has 0 fully saturated rings. The van der Waals surface area contributed by atoms with Crippen LogP contribution in [0.3, 0.4) is 0 Å². The van der Waals surface area contributed by atoms with E-state index in [1.165, 1.54) is 24.3 Å². The fourth-order valence-electron chi connectivity index (χ4n) is 1.54. The SMILES string of the molecule is O=C(CCCCCBr)c1ccc(SC(F)(F)F)cc1. The average molecular weight is 355 g/mol. The number of hydrogen-bond acceptors (Lipinski definition) is 2. The molecule has 0 unspecified atom stereocenters. The van der Waals surface area contributed by atoms with Crippen LogP contribution in [0.25, 0.3) is 0 Å². The summed E-state index contributed by atoms with van der Waals surface area (Å²) >= 11 is 3.14. The number of ketones is 1. The van der Waals surface area contributed by atoms with E-state index in [9.17, 15) is 18.0 Å². The van der Waals surface area contributed by atoms with Crippen LogP contribution in [-0.2, 0) is 0 Å². The van der Waals surface area contributed by atoms with Gasteiger partial charge in [0.2, 0.25) is 0 Å². The van der Waals surface area contributed by atoms with Crippen molar-refractivity contribution in [2.75, 3.05) is 5.33 Å². The number of alkyl halides is 4. The minimum atomic E-state index is -4.29. The molecule has 1 nitrogen and oxygen atoms in total. The lowest BCUT2D eigenvalue weighted by molar-refractivity contribution is -0.0328. The molecule has 106 valence electrons. The topological polar surface area (TPSA) is 17.1 Å². The predicted molar refractivity (Wildman–Crippen MR) is 74.9 cm³/mol. The van der Waals surface area contributed by atoms with Crippen molar-refractivity contribution in [1.29, 1.82) is 0 Å². The molecule has 0 atom stereocenters. The van der Waals surface area contributed by atoms with Gasteiger partial charge in [0.15, 0.2) is 5.78 Å². The van der Waals surface area contributed by atoms with E-state index in [0.29, 0.717) is 12.0 Å². The Kier molecular flexibility index (Phi) is 6.93. The largest absolute Gasteiger partial charge is 0.446 e. The first kappa shape index (κ1) is 16.6. The first-order valence-electron chi connectivity index (χ1n) is 5.87. The van der Waals surface area contributed by atoms with E-state index in [4.69, 9.17) is 0 Å². The van der Waals surface area contributed by atoms with Crippen LogP contribution in [0.5, 0.6) is 0 Å². The lowest BCUT2D eigenvalue weighted by atomic mass is 10.1. The molecule has 6 heteroatoms. The molecule has 0 saturated heterocycles. The summed E-state index contributed by atoms with van der Waals surface area (Å²) in [5.41, 5.74) is -3.81. The quantitative estimate of drug-likeness (QED) is 0.281. The van der Waals surface area contributed by atoms with Crippen LogP contribution in [0.15, 0.2) is 29.2 Å². The van der Waals surface area contributed by atoms with Gasteiger partial charge in [-0.2, -0.15) is 13.2 Å². The number of benzene rings is 1. The third-order valence-electron chi connectivity index (χ3n) is 2.45. The van der Waals surface area contributed by atoms with Crippen LogP contribution in [0.2, 0.25) is 0 Å². The highest BCUT2D eigenvalue weighted by Gasteiger charge is 2.29. The number of carbonyl (C=O) groups excluding carboxylic acids is 1. The number of thioether (sulfide) groups is 1. The van der Waals surface area contributed by atoms with E-state index in [1.807, 2.05) is 0 Å². The molecule has 1 rings (SSSR count). The minimum absolute atomic E-state index is 0.0156. The van der Waals surface area contributed by atoms with Crippen molar-refractivity contribution in [3.05, 3.63) is 29.8 Å². The summed E-state index contributed by atoms with van der Waals surface area (Å²) < 4.78 is 36.4. The van der Waals surface area contributed by atoms with E-state index < -0.39 is 5.51 Å². The van der Waals surface area contributed by atoms with Gasteiger partial charge in [0, 0.05) is 22.2 Å². The van der Waals surface area contributed by atoms with Crippen LogP contribution in [0, 0.1) is 0 Å². The van der Waals surface area contributed by atoms with Gasteiger partial charge in [-0.3, -0.25) is 4.79 Å². The first-order chi connectivity index (χ1) is 8.92. The summed E-state index contributed by atoms with van der Waals surface area (Å²) in [5, 5.41) is 0.921. The number of hydrogen-bond donors (Lipinski definition) is 0. The molecule has 0 saturated carbocycles. The van der Waals surface area contributed by atoms with Crippen molar-refractivity contribution in [3.8, 4) is 0 Å². The molecule has 1 aromatic carbocycles. The van der Waals surface area contributed by atoms with Crippen molar-refractivity contribution in [3.63, 3.8) is 0 Å². The molecule has 0 radical (unpaired) electrons. The van der Waals surface area contributed by atoms with Crippen LogP contribution in [0.1, 0.15) is 36.0 Å². The lowest BCUT2D eigenvalue weighted by Crippen LogP contribution is -2.01. The highest BCUT2D eigenvalue weighted by atomic mass is 79.9. The highest BCUT2D eigenvalue weighted by molar-refractivity contribution is 9.09. The molecule has 0 aliphatic carbocycles. The first-order valence-corrected chi connectivity index (χ1v) is 7.81. The molecule has 0 amide bonds. The minimum Gasteiger partial charge on any atom is -0.294 e. The monoisotopic (exact) mass is 354 g/mol. The molecule has 0 aliphatic heterocycles. The zero-order chi connectivity index (χ0) is 14.3. The zero-order valence-electron chi connectivity index (χ0n) is 10.2. The third-order valence-corrected chi connectivity index (χ3v) is 3.75. The number of unbranched alkanes of at least 4 members (excludes halogenated alkanes) is 2. The Morgan fingerprint density at radius 1 is 1.11 bits per heavy atom. The molecule has 0 bridgehead atoms. The van der Waals surface area contributed by atoms with Crippen LogP contribution in [-0.4, -0.2) is 16.6 Å². The van der Waals surface area contributed by atoms with E-state index in [1.54, 1.807) is 0 Å². The van der Waals surface area contributed by atoms with Gasteiger partial charge in [0.05, 0.1) is 0 Å². The molecule has 19 heavy (non-hydrogen) atoms. The maximum Gasteiger partial charge on any atom is 0.446 e. The Bertz CT molecular complexity index is 403. The van der Waals surface area contributed by atoms with Gasteiger partial charge in [-0.15, -0.1) is 0 Å². The standard InChI is InChI=1S/C13H14BrF3OS/c14-9-3-1-2-4-12(18)10-5-7-11(8-6-10)19-13(15,16)17/h5-8H,1-4,9H2. The number of Topliss-reactive ketones (excluding diaryl/α,β-unsaturated/α-hetero) is 1. The Labute approximate surface area is 123 Å². The number of halogens is 4. The number of carbonyl (C=O) groups is 1. The second-order valence-electron chi connectivity index (χ2n) is 3.99. The number of rotatable bonds is 7. The van der Waals surface area contributed by atoms with Crippen molar-refractivity contribution in [1.82, 2.24) is 0 Å². The Balaban J connectivity index is 2.49. The maximum atomic E-state index is 12.1. The van der Waals surface area contributed by atoms with Gasteiger partial charge < -0.3 is 0 Å². The average Bonchev–Trinajstić information content (AvgIpc) is 2.33. The van der Waals surface area contributed by atoms with Gasteiger partial charge in [0.1, 0.15) is 0 Å². The molecular weight excluding hydrogens is 341 g/mol. The van der Waals surface area contributed by atoms with Gasteiger partial charge in [-0.1, -0.05) is 34.5 Å². The summed E-state index contributed by atoms with van der Waals surface area (Å²) in [6, 6.07) is 5.59. The van der Waals surface area contributed by atoms with Crippen molar-refractivity contribution >= 4 is 33.5 Å². The molecule has 0 aliphatic rings. The molecule has 0 spiro atoms. The normalized spacial score (nSPS) is 11.6. The van der Waals surface area contributed by atoms with Gasteiger partial charge >= 0.3 is 5.51 Å². The third kappa shape index (κ3) is 7.01. The molecule has 0 N–H and O–H groups in total. The fourth-order valence-corrected chi connectivity index (χ4v) is 2.48. The van der Waals surface area contributed by atoms with Crippen molar-refractivity contribution in [2.24, 2.45) is 0 Å². The van der Waals surface area contributed by atoms with E-state index in [0.717, 1.165) is 24.6 Å². The van der Waals surface area contributed by atoms with E-state index in [-0.39, 0.29) is 22.4 Å². The van der Waals surface area contributed by atoms with Crippen LogP contribution < -0.4 is 0 Å². The summed E-state index contributed by atoms with van der Waals surface area (Å²) in [6.07, 6.45) is 3.25. The van der Waals surface area contributed by atoms with Crippen molar-refractivity contribution in [2.45, 2.75) is 36.1 Å². The second-order valence-corrected chi connectivity index (χ2v) is 5.93. The molecule has 1 aromatic rings. The molecule has 0 heterocycles. The Morgan fingerprint density at radius 3 is 2.26 bits per heavy atom. The predicted octanol–water partition coefficient (Wildman–Crippen LogP) is 5.44. The van der Waals surface area contributed by atoms with E-state index in [2.05, 4.69) is 15.9 Å². The van der Waals surface area contributed by atoms with Gasteiger partial charge in [0.25, 0.3) is 0 Å². The van der Waals surface area contributed by atoms with Crippen LogP contribution >= 0.6 is 27.7 Å². The fraction of sp³-hybridized carbons (Fsp3) is 0.462. The lowest BCUT2D eigenvalue weighted by Gasteiger charge is -2.06. The zero-order valence-corrected chi connectivity index (χ0v) is 12.6. The van der Waals surface area contributed by atoms with Crippen molar-refractivity contribution < 1.29 is 18.0 Å². The summed E-state index contributed by atoms with van der Waals surface area (Å²) in [5.74, 6) is -0.0156. The second kappa shape index (κ2) is 7.94. The Morgan fingerprint density at radius 2 is 1.74 bits per heavy atom. The van der Waals surface area contributed by atoms with Gasteiger partial charge in [-0.05, 0) is 36.7 Å². The molecule has 0 aromatic heterocycles. The Hall–Kier alpha value is -0.490. The summed E-state index contributed by atoms with van der Waals surface area (Å²) in [6.45, 7) is 0. The van der Waals surface area contributed by atoms with Crippen LogP contribution in [0.4, 0.5) is 13.2 Å². The smallest absolute Gasteiger partial charge is 0.294 e. The maximum absolute atomic E-state index is 12.1. The van der Waals surface area contributed by atoms with Gasteiger partial charge in [-0.25, -0.2) is 0 Å². The summed E-state index contributed by atoms with van der Waals surface area (Å²) in [7, 11) is 0. The van der Waals surface area contributed by atoms with E-state index >= 15 is 0 Å². The molecular formula is C13H14BrF3OS. The highest BCUT2D eigenvalue weighted by Crippen LogP contribution is 2.36.